The van der Waals surface area contributed by atoms with Crippen LogP contribution in [0.1, 0.15) is 38.5 Å². The van der Waals surface area contributed by atoms with E-state index < -0.39 is 18.6 Å². The zero-order valence-electron chi connectivity index (χ0n) is 9.89. The zero-order chi connectivity index (χ0) is 12.5. The predicted octanol–water partition coefficient (Wildman–Crippen LogP) is 0.615. The molecule has 1 aliphatic carbocycles. The number of rotatable bonds is 3. The molecule has 2 fully saturated rings. The fourth-order valence-electron chi connectivity index (χ4n) is 3.16. The molecule has 5 nitrogen and oxygen atoms in total. The highest BCUT2D eigenvalue weighted by molar-refractivity contribution is 5.85. The van der Waals surface area contributed by atoms with Gasteiger partial charge in [0.1, 0.15) is 0 Å². The summed E-state index contributed by atoms with van der Waals surface area (Å²) in [6.07, 6.45) is 5.92. The van der Waals surface area contributed by atoms with E-state index in [1.165, 1.54) is 11.3 Å². The van der Waals surface area contributed by atoms with Gasteiger partial charge in [0.15, 0.2) is 6.04 Å². The minimum Gasteiger partial charge on any atom is -0.480 e. The third-order valence-electron chi connectivity index (χ3n) is 4.10. The number of carboxylic acids is 1. The van der Waals surface area contributed by atoms with Crippen LogP contribution in [0.5, 0.6) is 0 Å². The summed E-state index contributed by atoms with van der Waals surface area (Å²) in [4.78, 5) is 24.2. The van der Waals surface area contributed by atoms with E-state index in [4.69, 9.17) is 10.2 Å². The molecule has 0 radical (unpaired) electrons. The van der Waals surface area contributed by atoms with Crippen molar-refractivity contribution in [3.05, 3.63) is 0 Å². The van der Waals surface area contributed by atoms with E-state index in [-0.39, 0.29) is 11.3 Å². The number of hydrogen-bond donors (Lipinski definition) is 2. The van der Waals surface area contributed by atoms with Crippen molar-refractivity contribution in [1.29, 1.82) is 0 Å². The number of carbonyl (C=O) groups is 2. The van der Waals surface area contributed by atoms with Gasteiger partial charge in [0.2, 0.25) is 5.91 Å². The summed E-state index contributed by atoms with van der Waals surface area (Å²) in [5.41, 5.74) is -0.0157. The normalized spacial score (nSPS) is 25.2. The Bertz CT molecular complexity index is 322. The molecule has 0 aromatic heterocycles. The maximum atomic E-state index is 11.9. The first-order chi connectivity index (χ1) is 8.08. The van der Waals surface area contributed by atoms with Gasteiger partial charge in [0.05, 0.1) is 6.61 Å². The number of amides is 1. The molecule has 2 rings (SSSR count). The molecule has 1 spiro atoms. The number of nitrogens with zero attached hydrogens (tertiary/aromatic N) is 1. The maximum Gasteiger partial charge on any atom is 0.328 e. The summed E-state index contributed by atoms with van der Waals surface area (Å²) in [6.45, 7) is 0.000509. The van der Waals surface area contributed by atoms with E-state index in [0.29, 0.717) is 13.0 Å². The second-order valence-electron chi connectivity index (χ2n) is 5.30. The Morgan fingerprint density at radius 2 is 2.00 bits per heavy atom. The lowest BCUT2D eigenvalue weighted by molar-refractivity contribution is -0.150. The Morgan fingerprint density at radius 1 is 1.35 bits per heavy atom. The zero-order valence-corrected chi connectivity index (χ0v) is 9.89. The Labute approximate surface area is 100 Å². The lowest BCUT2D eigenvalue weighted by Gasteiger charge is -2.33. The average Bonchev–Trinajstić information content (AvgIpc) is 2.57. The highest BCUT2D eigenvalue weighted by Crippen LogP contribution is 2.44. The largest absolute Gasteiger partial charge is 0.480 e. The fraction of sp³-hybridized carbons (Fsp3) is 0.833. The van der Waals surface area contributed by atoms with Crippen molar-refractivity contribution < 1.29 is 19.8 Å². The number of carbonyl (C=O) groups excluding carboxylic acids is 1. The molecule has 0 aromatic rings. The van der Waals surface area contributed by atoms with Crippen molar-refractivity contribution in [3.63, 3.8) is 0 Å². The van der Waals surface area contributed by atoms with Gasteiger partial charge in [0.25, 0.3) is 0 Å². The SMILES string of the molecule is O=C(O)[C@H](CO)N1CC2(CCCCC2)CC1=O. The van der Waals surface area contributed by atoms with Crippen LogP contribution >= 0.6 is 0 Å². The van der Waals surface area contributed by atoms with Crippen molar-refractivity contribution in [3.8, 4) is 0 Å². The van der Waals surface area contributed by atoms with Crippen molar-refractivity contribution in [2.24, 2.45) is 5.41 Å². The van der Waals surface area contributed by atoms with Crippen LogP contribution in [0.4, 0.5) is 0 Å². The van der Waals surface area contributed by atoms with Gasteiger partial charge in [-0.25, -0.2) is 4.79 Å². The van der Waals surface area contributed by atoms with Gasteiger partial charge in [-0.2, -0.15) is 0 Å². The predicted molar refractivity (Wildman–Crippen MR) is 60.4 cm³/mol. The van der Waals surface area contributed by atoms with Crippen LogP contribution in [0, 0.1) is 5.41 Å². The van der Waals surface area contributed by atoms with E-state index in [0.717, 1.165) is 25.7 Å². The lowest BCUT2D eigenvalue weighted by Crippen LogP contribution is -2.45. The topological polar surface area (TPSA) is 77.8 Å². The first-order valence-corrected chi connectivity index (χ1v) is 6.21. The second kappa shape index (κ2) is 4.64. The summed E-state index contributed by atoms with van der Waals surface area (Å²) >= 11 is 0. The summed E-state index contributed by atoms with van der Waals surface area (Å²) in [5.74, 6) is -1.23. The molecule has 1 aliphatic heterocycles. The van der Waals surface area contributed by atoms with Crippen LogP contribution in [-0.2, 0) is 9.59 Å². The quantitative estimate of drug-likeness (QED) is 0.759. The second-order valence-corrected chi connectivity index (χ2v) is 5.30. The monoisotopic (exact) mass is 241 g/mol. The van der Waals surface area contributed by atoms with E-state index >= 15 is 0 Å². The molecule has 2 N–H and O–H groups in total. The van der Waals surface area contributed by atoms with E-state index in [1.54, 1.807) is 0 Å². The number of aliphatic hydroxyl groups excluding tert-OH is 1. The summed E-state index contributed by atoms with van der Waals surface area (Å²) in [6, 6.07) is -1.07. The highest BCUT2D eigenvalue weighted by atomic mass is 16.4. The third kappa shape index (κ3) is 2.29. The van der Waals surface area contributed by atoms with Gasteiger partial charge in [-0.05, 0) is 18.3 Å². The fourth-order valence-corrected chi connectivity index (χ4v) is 3.16. The van der Waals surface area contributed by atoms with Gasteiger partial charge < -0.3 is 15.1 Å². The Hall–Kier alpha value is -1.10. The van der Waals surface area contributed by atoms with E-state index in [2.05, 4.69) is 0 Å². The van der Waals surface area contributed by atoms with Gasteiger partial charge >= 0.3 is 5.97 Å². The van der Waals surface area contributed by atoms with Crippen molar-refractivity contribution in [1.82, 2.24) is 4.90 Å². The molecule has 0 unspecified atom stereocenters. The molecule has 1 saturated heterocycles. The number of carboxylic acid groups (broad SMARTS) is 1. The van der Waals surface area contributed by atoms with E-state index in [1.807, 2.05) is 0 Å². The number of likely N-dealkylation sites (tertiary alicyclic amines) is 1. The van der Waals surface area contributed by atoms with Crippen LogP contribution in [0.15, 0.2) is 0 Å². The van der Waals surface area contributed by atoms with Crippen molar-refractivity contribution in [2.75, 3.05) is 13.2 Å². The first-order valence-electron chi connectivity index (χ1n) is 6.21. The summed E-state index contributed by atoms with van der Waals surface area (Å²) < 4.78 is 0. The average molecular weight is 241 g/mol. The van der Waals surface area contributed by atoms with Gasteiger partial charge in [0, 0.05) is 13.0 Å². The lowest BCUT2D eigenvalue weighted by atomic mass is 9.73. The molecular formula is C12H19NO4. The molecular weight excluding hydrogens is 222 g/mol. The number of aliphatic carboxylic acids is 1. The minimum absolute atomic E-state index is 0.0157. The number of aliphatic hydroxyl groups is 1. The summed E-state index contributed by atoms with van der Waals surface area (Å²) in [7, 11) is 0. The van der Waals surface area contributed by atoms with Crippen molar-refractivity contribution in [2.45, 2.75) is 44.6 Å². The maximum absolute atomic E-state index is 11.9. The van der Waals surface area contributed by atoms with E-state index in [9.17, 15) is 9.59 Å². The van der Waals surface area contributed by atoms with Crippen LogP contribution in [0.2, 0.25) is 0 Å². The summed E-state index contributed by atoms with van der Waals surface area (Å²) in [5, 5.41) is 18.1. The molecule has 5 heteroatoms. The molecule has 96 valence electrons. The Kier molecular flexibility index (Phi) is 3.38. The molecule has 2 aliphatic rings. The smallest absolute Gasteiger partial charge is 0.328 e. The molecule has 1 atom stereocenters. The third-order valence-corrected chi connectivity index (χ3v) is 4.10. The molecule has 0 aromatic carbocycles. The van der Waals surface area contributed by atoms with Gasteiger partial charge in [-0.15, -0.1) is 0 Å². The molecule has 0 bridgehead atoms. The van der Waals surface area contributed by atoms with Gasteiger partial charge in [-0.3, -0.25) is 4.79 Å². The number of hydrogen-bond acceptors (Lipinski definition) is 3. The molecule has 1 amide bonds. The van der Waals surface area contributed by atoms with Crippen LogP contribution in [0.25, 0.3) is 0 Å². The first kappa shape index (κ1) is 12.4. The van der Waals surface area contributed by atoms with Crippen LogP contribution < -0.4 is 0 Å². The standard InChI is InChI=1S/C12H19NO4/c14-7-9(11(16)17)13-8-12(6-10(13)15)4-2-1-3-5-12/h9,14H,1-8H2,(H,16,17)/t9-/m0/s1. The minimum atomic E-state index is -1.12. The van der Waals surface area contributed by atoms with Gasteiger partial charge in [-0.1, -0.05) is 19.3 Å². The Morgan fingerprint density at radius 3 is 2.53 bits per heavy atom. The molecule has 17 heavy (non-hydrogen) atoms. The van der Waals surface area contributed by atoms with Crippen LogP contribution in [-0.4, -0.2) is 46.2 Å². The Balaban J connectivity index is 2.11. The van der Waals surface area contributed by atoms with Crippen LogP contribution in [0.3, 0.4) is 0 Å². The van der Waals surface area contributed by atoms with Crippen molar-refractivity contribution >= 4 is 11.9 Å². The highest BCUT2D eigenvalue weighted by Gasteiger charge is 2.46. The molecule has 1 saturated carbocycles. The molecule has 1 heterocycles.